The molecule has 0 saturated carbocycles. The number of piperazine rings is 1. The molecule has 2 aliphatic rings. The zero-order valence-corrected chi connectivity index (χ0v) is 10.5. The first-order valence-electron chi connectivity index (χ1n) is 6.44. The van der Waals surface area contributed by atoms with Crippen molar-refractivity contribution >= 4 is 11.8 Å². The molecule has 2 unspecified atom stereocenters. The maximum atomic E-state index is 12.4. The lowest BCUT2D eigenvalue weighted by Gasteiger charge is -2.39. The van der Waals surface area contributed by atoms with Gasteiger partial charge in [-0.3, -0.25) is 9.59 Å². The van der Waals surface area contributed by atoms with E-state index >= 15 is 0 Å². The second kappa shape index (κ2) is 5.04. The lowest BCUT2D eigenvalue weighted by molar-refractivity contribution is -0.147. The Balaban J connectivity index is 2.03. The molecule has 0 aromatic heterocycles. The molecule has 0 spiro atoms. The molecule has 0 aromatic rings. The first kappa shape index (κ1) is 12.4. The Morgan fingerprint density at radius 3 is 2.76 bits per heavy atom. The van der Waals surface area contributed by atoms with Crippen LogP contribution in [0.1, 0.15) is 20.3 Å². The Morgan fingerprint density at radius 2 is 2.24 bits per heavy atom. The minimum absolute atomic E-state index is 0.00830. The van der Waals surface area contributed by atoms with E-state index in [0.29, 0.717) is 25.4 Å². The minimum Gasteiger partial charge on any atom is -0.353 e. The van der Waals surface area contributed by atoms with E-state index in [1.807, 2.05) is 13.8 Å². The quantitative estimate of drug-likeness (QED) is 0.703. The van der Waals surface area contributed by atoms with E-state index in [4.69, 9.17) is 0 Å². The van der Waals surface area contributed by atoms with Crippen molar-refractivity contribution in [2.75, 3.05) is 26.2 Å². The molecule has 2 fully saturated rings. The van der Waals surface area contributed by atoms with E-state index in [1.165, 1.54) is 0 Å². The van der Waals surface area contributed by atoms with Gasteiger partial charge in [-0.2, -0.15) is 0 Å². The second-order valence-electron chi connectivity index (χ2n) is 4.95. The van der Waals surface area contributed by atoms with Gasteiger partial charge in [0.05, 0.1) is 0 Å². The van der Waals surface area contributed by atoms with Gasteiger partial charge in [0.15, 0.2) is 0 Å². The van der Waals surface area contributed by atoms with Gasteiger partial charge >= 0.3 is 0 Å². The van der Waals surface area contributed by atoms with Crippen molar-refractivity contribution in [1.82, 2.24) is 15.5 Å². The number of rotatable bonds is 3. The third kappa shape index (κ3) is 2.29. The number of carbonyl (C=O) groups excluding carboxylic acids is 2. The van der Waals surface area contributed by atoms with Gasteiger partial charge in [0, 0.05) is 19.0 Å². The molecule has 2 heterocycles. The first-order valence-corrected chi connectivity index (χ1v) is 6.44. The van der Waals surface area contributed by atoms with Crippen LogP contribution in [0.2, 0.25) is 0 Å². The Morgan fingerprint density at radius 1 is 1.53 bits per heavy atom. The Labute approximate surface area is 102 Å². The fourth-order valence-corrected chi connectivity index (χ4v) is 2.51. The SMILES string of the molecule is CCC1C(=O)NCCN1C(=O)C(C)C1CNC1. The summed E-state index contributed by atoms with van der Waals surface area (Å²) in [5.41, 5.74) is 0. The monoisotopic (exact) mass is 239 g/mol. The summed E-state index contributed by atoms with van der Waals surface area (Å²) < 4.78 is 0. The van der Waals surface area contributed by atoms with E-state index in [9.17, 15) is 9.59 Å². The summed E-state index contributed by atoms with van der Waals surface area (Å²) in [5, 5.41) is 6.00. The number of hydrogen-bond acceptors (Lipinski definition) is 3. The maximum absolute atomic E-state index is 12.4. The van der Waals surface area contributed by atoms with Crippen LogP contribution in [0, 0.1) is 11.8 Å². The molecule has 2 amide bonds. The van der Waals surface area contributed by atoms with E-state index < -0.39 is 0 Å². The summed E-state index contributed by atoms with van der Waals surface area (Å²) in [6, 6.07) is -0.272. The summed E-state index contributed by atoms with van der Waals surface area (Å²) >= 11 is 0. The largest absolute Gasteiger partial charge is 0.353 e. The number of hydrogen-bond donors (Lipinski definition) is 2. The van der Waals surface area contributed by atoms with Crippen LogP contribution in [0.5, 0.6) is 0 Å². The van der Waals surface area contributed by atoms with Crippen molar-refractivity contribution in [2.24, 2.45) is 11.8 Å². The number of nitrogens with zero attached hydrogens (tertiary/aromatic N) is 1. The van der Waals surface area contributed by atoms with E-state index in [-0.39, 0.29) is 23.8 Å². The maximum Gasteiger partial charge on any atom is 0.242 e. The Bertz CT molecular complexity index is 315. The minimum atomic E-state index is -0.272. The van der Waals surface area contributed by atoms with Gasteiger partial charge in [-0.25, -0.2) is 0 Å². The molecule has 5 heteroatoms. The Hall–Kier alpha value is -1.10. The lowest BCUT2D eigenvalue weighted by Crippen LogP contribution is -2.60. The van der Waals surface area contributed by atoms with E-state index in [0.717, 1.165) is 13.1 Å². The first-order chi connectivity index (χ1) is 8.15. The van der Waals surface area contributed by atoms with Crippen LogP contribution in [0.25, 0.3) is 0 Å². The zero-order chi connectivity index (χ0) is 12.4. The molecule has 0 aromatic carbocycles. The van der Waals surface area contributed by atoms with Crippen LogP contribution in [-0.4, -0.2) is 48.9 Å². The zero-order valence-electron chi connectivity index (χ0n) is 10.5. The molecule has 0 bridgehead atoms. The van der Waals surface area contributed by atoms with Crippen LogP contribution < -0.4 is 10.6 Å². The number of nitrogens with one attached hydrogen (secondary N) is 2. The van der Waals surface area contributed by atoms with Crippen LogP contribution in [0.3, 0.4) is 0 Å². The average Bonchev–Trinajstić information content (AvgIpc) is 2.25. The standard InChI is InChI=1S/C12H21N3O2/c1-3-10-11(16)14-4-5-15(10)12(17)8(2)9-6-13-7-9/h8-10,13H,3-7H2,1-2H3,(H,14,16). The molecule has 2 atom stereocenters. The molecule has 2 N–H and O–H groups in total. The highest BCUT2D eigenvalue weighted by Crippen LogP contribution is 2.21. The molecule has 0 radical (unpaired) electrons. The van der Waals surface area contributed by atoms with Crippen molar-refractivity contribution in [3.8, 4) is 0 Å². The van der Waals surface area contributed by atoms with Gasteiger partial charge in [0.1, 0.15) is 6.04 Å². The third-order valence-corrected chi connectivity index (χ3v) is 3.91. The number of amides is 2. The van der Waals surface area contributed by atoms with Crippen molar-refractivity contribution < 1.29 is 9.59 Å². The van der Waals surface area contributed by atoms with Gasteiger partial charge in [-0.05, 0) is 25.4 Å². The smallest absolute Gasteiger partial charge is 0.242 e. The third-order valence-electron chi connectivity index (χ3n) is 3.91. The topological polar surface area (TPSA) is 61.4 Å². The van der Waals surface area contributed by atoms with Gasteiger partial charge in [-0.1, -0.05) is 13.8 Å². The highest BCUT2D eigenvalue weighted by molar-refractivity contribution is 5.89. The summed E-state index contributed by atoms with van der Waals surface area (Å²) in [5.74, 6) is 0.588. The summed E-state index contributed by atoms with van der Waals surface area (Å²) in [6.07, 6.45) is 0.688. The predicted octanol–water partition coefficient (Wildman–Crippen LogP) is -0.421. The van der Waals surface area contributed by atoms with Gasteiger partial charge in [0.2, 0.25) is 11.8 Å². The normalized spacial score (nSPS) is 27.3. The van der Waals surface area contributed by atoms with Crippen molar-refractivity contribution in [1.29, 1.82) is 0 Å². The second-order valence-corrected chi connectivity index (χ2v) is 4.95. The summed E-state index contributed by atoms with van der Waals surface area (Å²) in [6.45, 7) is 7.00. The van der Waals surface area contributed by atoms with Crippen LogP contribution in [0.15, 0.2) is 0 Å². The molecule has 96 valence electrons. The van der Waals surface area contributed by atoms with Crippen molar-refractivity contribution in [2.45, 2.75) is 26.3 Å². The molecule has 2 rings (SSSR count). The summed E-state index contributed by atoms with van der Waals surface area (Å²) in [4.78, 5) is 25.8. The highest BCUT2D eigenvalue weighted by Gasteiger charge is 2.37. The van der Waals surface area contributed by atoms with Crippen molar-refractivity contribution in [3.05, 3.63) is 0 Å². The predicted molar refractivity (Wildman–Crippen MR) is 64.3 cm³/mol. The molecule has 5 nitrogen and oxygen atoms in total. The highest BCUT2D eigenvalue weighted by atomic mass is 16.2. The fraction of sp³-hybridized carbons (Fsp3) is 0.833. The van der Waals surface area contributed by atoms with Crippen LogP contribution >= 0.6 is 0 Å². The lowest BCUT2D eigenvalue weighted by atomic mass is 9.87. The molecule has 2 saturated heterocycles. The van der Waals surface area contributed by atoms with Gasteiger partial charge in [0.25, 0.3) is 0 Å². The molecule has 17 heavy (non-hydrogen) atoms. The van der Waals surface area contributed by atoms with Crippen molar-refractivity contribution in [3.63, 3.8) is 0 Å². The molecular weight excluding hydrogens is 218 g/mol. The molecule has 0 aliphatic carbocycles. The fourth-order valence-electron chi connectivity index (χ4n) is 2.51. The van der Waals surface area contributed by atoms with Gasteiger partial charge < -0.3 is 15.5 Å². The molecular formula is C12H21N3O2. The van der Waals surface area contributed by atoms with Gasteiger partial charge in [-0.15, -0.1) is 0 Å². The van der Waals surface area contributed by atoms with E-state index in [2.05, 4.69) is 10.6 Å². The molecule has 2 aliphatic heterocycles. The van der Waals surface area contributed by atoms with Crippen LogP contribution in [-0.2, 0) is 9.59 Å². The Kier molecular flexibility index (Phi) is 3.66. The summed E-state index contributed by atoms with van der Waals surface area (Å²) in [7, 11) is 0. The number of carbonyl (C=O) groups is 2. The average molecular weight is 239 g/mol. The van der Waals surface area contributed by atoms with E-state index in [1.54, 1.807) is 4.90 Å². The van der Waals surface area contributed by atoms with Crippen LogP contribution in [0.4, 0.5) is 0 Å².